The molecule has 1 aromatic carbocycles. The normalized spacial score (nSPS) is 12.2. The van der Waals surface area contributed by atoms with E-state index in [2.05, 4.69) is 25.2 Å². The number of nitrogens with zero attached hydrogens (tertiary/aromatic N) is 1. The zero-order valence-corrected chi connectivity index (χ0v) is 10.1. The summed E-state index contributed by atoms with van der Waals surface area (Å²) in [5.74, 6) is 0.433. The summed E-state index contributed by atoms with van der Waals surface area (Å²) in [7, 11) is 0. The van der Waals surface area contributed by atoms with E-state index in [0.717, 1.165) is 11.3 Å². The van der Waals surface area contributed by atoms with Gasteiger partial charge in [-0.1, -0.05) is 19.9 Å². The number of rotatable bonds is 4. The molecule has 0 bridgehead atoms. The molecule has 0 amide bonds. The maximum absolute atomic E-state index is 8.96. The molecule has 0 heterocycles. The molecule has 0 aromatic heterocycles. The van der Waals surface area contributed by atoms with Crippen molar-refractivity contribution in [2.45, 2.75) is 26.8 Å². The third-order valence-corrected chi connectivity index (χ3v) is 2.68. The molecule has 3 N–H and O–H groups in total. The van der Waals surface area contributed by atoms with Gasteiger partial charge in [-0.2, -0.15) is 5.26 Å². The van der Waals surface area contributed by atoms with E-state index in [4.69, 9.17) is 11.0 Å². The van der Waals surface area contributed by atoms with Crippen LogP contribution in [-0.4, -0.2) is 12.6 Å². The third-order valence-electron chi connectivity index (χ3n) is 2.68. The maximum atomic E-state index is 8.96. The summed E-state index contributed by atoms with van der Waals surface area (Å²) in [5, 5.41) is 12.2. The molecular formula is C13H19N3. The van der Waals surface area contributed by atoms with Crippen LogP contribution < -0.4 is 11.1 Å². The summed E-state index contributed by atoms with van der Waals surface area (Å²) >= 11 is 0. The quantitative estimate of drug-likeness (QED) is 0.813. The highest BCUT2D eigenvalue weighted by Gasteiger charge is 2.08. The van der Waals surface area contributed by atoms with Crippen molar-refractivity contribution in [2.75, 3.05) is 11.9 Å². The minimum Gasteiger partial charge on any atom is -0.382 e. The van der Waals surface area contributed by atoms with Crippen molar-refractivity contribution in [3.63, 3.8) is 0 Å². The zero-order valence-electron chi connectivity index (χ0n) is 10.1. The van der Waals surface area contributed by atoms with Gasteiger partial charge in [0, 0.05) is 12.6 Å². The van der Waals surface area contributed by atoms with Gasteiger partial charge in [0.25, 0.3) is 0 Å². The van der Waals surface area contributed by atoms with E-state index >= 15 is 0 Å². The highest BCUT2D eigenvalue weighted by Crippen LogP contribution is 2.16. The fourth-order valence-corrected chi connectivity index (χ4v) is 1.37. The van der Waals surface area contributed by atoms with Crippen LogP contribution in [0.25, 0.3) is 0 Å². The number of hydrogen-bond acceptors (Lipinski definition) is 3. The maximum Gasteiger partial charge on any atom is 0.101 e. The highest BCUT2D eigenvalue weighted by molar-refractivity contribution is 5.58. The molecular weight excluding hydrogens is 198 g/mol. The number of anilines is 1. The van der Waals surface area contributed by atoms with Crippen LogP contribution in [-0.2, 0) is 0 Å². The summed E-state index contributed by atoms with van der Waals surface area (Å²) < 4.78 is 0. The van der Waals surface area contributed by atoms with E-state index in [9.17, 15) is 0 Å². The Balaban J connectivity index is 2.73. The number of nitriles is 1. The van der Waals surface area contributed by atoms with Crippen LogP contribution in [0, 0.1) is 24.2 Å². The van der Waals surface area contributed by atoms with Crippen molar-refractivity contribution in [3.05, 3.63) is 29.3 Å². The predicted octanol–water partition coefficient (Wildman–Crippen LogP) is 2.26. The molecule has 1 atom stereocenters. The van der Waals surface area contributed by atoms with Gasteiger partial charge in [0.2, 0.25) is 0 Å². The van der Waals surface area contributed by atoms with Crippen LogP contribution in [0.1, 0.15) is 25.0 Å². The number of aryl methyl sites for hydroxylation is 1. The van der Waals surface area contributed by atoms with Crippen LogP contribution in [0.2, 0.25) is 0 Å². The lowest BCUT2D eigenvalue weighted by molar-refractivity contribution is 0.511. The molecule has 0 aliphatic heterocycles. The minimum absolute atomic E-state index is 0.104. The van der Waals surface area contributed by atoms with Gasteiger partial charge in [0.1, 0.15) is 6.07 Å². The van der Waals surface area contributed by atoms with E-state index in [0.29, 0.717) is 18.0 Å². The topological polar surface area (TPSA) is 61.8 Å². The predicted molar refractivity (Wildman–Crippen MR) is 67.2 cm³/mol. The second kappa shape index (κ2) is 5.53. The van der Waals surface area contributed by atoms with Gasteiger partial charge in [0.15, 0.2) is 0 Å². The molecule has 16 heavy (non-hydrogen) atoms. The van der Waals surface area contributed by atoms with Crippen molar-refractivity contribution < 1.29 is 0 Å². The third kappa shape index (κ3) is 3.25. The van der Waals surface area contributed by atoms with Gasteiger partial charge < -0.3 is 11.1 Å². The van der Waals surface area contributed by atoms with E-state index in [-0.39, 0.29) is 6.04 Å². The number of nitrogens with one attached hydrogen (secondary N) is 1. The first kappa shape index (κ1) is 12.5. The first-order chi connectivity index (χ1) is 7.54. The van der Waals surface area contributed by atoms with Gasteiger partial charge in [-0.3, -0.25) is 0 Å². The van der Waals surface area contributed by atoms with E-state index < -0.39 is 0 Å². The Morgan fingerprint density at radius 1 is 1.44 bits per heavy atom. The van der Waals surface area contributed by atoms with Crippen molar-refractivity contribution in [3.8, 4) is 6.07 Å². The van der Waals surface area contributed by atoms with Crippen LogP contribution in [0.3, 0.4) is 0 Å². The summed E-state index contributed by atoms with van der Waals surface area (Å²) in [6, 6.07) is 8.02. The van der Waals surface area contributed by atoms with Crippen molar-refractivity contribution in [1.82, 2.24) is 0 Å². The second-order valence-corrected chi connectivity index (χ2v) is 4.45. The van der Waals surface area contributed by atoms with Gasteiger partial charge >= 0.3 is 0 Å². The van der Waals surface area contributed by atoms with Crippen LogP contribution in [0.4, 0.5) is 5.69 Å². The Morgan fingerprint density at radius 3 is 2.69 bits per heavy atom. The van der Waals surface area contributed by atoms with Crippen molar-refractivity contribution in [1.29, 1.82) is 5.26 Å². The Bertz CT molecular complexity index is 391. The second-order valence-electron chi connectivity index (χ2n) is 4.45. The molecule has 0 saturated carbocycles. The molecule has 0 aliphatic rings. The SMILES string of the molecule is Cc1ccc(C#N)c(NCC(N)C(C)C)c1. The van der Waals surface area contributed by atoms with Gasteiger partial charge in [0.05, 0.1) is 11.3 Å². The lowest BCUT2D eigenvalue weighted by Gasteiger charge is -2.17. The Labute approximate surface area is 97.3 Å². The van der Waals surface area contributed by atoms with E-state index in [1.165, 1.54) is 0 Å². The Hall–Kier alpha value is -1.53. The first-order valence-electron chi connectivity index (χ1n) is 5.54. The number of nitrogens with two attached hydrogens (primary N) is 1. The Morgan fingerprint density at radius 2 is 2.12 bits per heavy atom. The molecule has 3 nitrogen and oxygen atoms in total. The van der Waals surface area contributed by atoms with Gasteiger partial charge in [-0.15, -0.1) is 0 Å². The van der Waals surface area contributed by atoms with Gasteiger partial charge in [-0.25, -0.2) is 0 Å². The molecule has 0 spiro atoms. The average molecular weight is 217 g/mol. The summed E-state index contributed by atoms with van der Waals surface area (Å²) in [6.45, 7) is 6.88. The molecule has 0 aliphatic carbocycles. The van der Waals surface area contributed by atoms with Crippen LogP contribution in [0.15, 0.2) is 18.2 Å². The molecule has 1 aromatic rings. The van der Waals surface area contributed by atoms with E-state index in [1.807, 2.05) is 25.1 Å². The van der Waals surface area contributed by atoms with Crippen molar-refractivity contribution in [2.24, 2.45) is 11.7 Å². The molecule has 86 valence electrons. The fraction of sp³-hybridized carbons (Fsp3) is 0.462. The largest absolute Gasteiger partial charge is 0.382 e. The number of hydrogen-bond donors (Lipinski definition) is 2. The van der Waals surface area contributed by atoms with Crippen molar-refractivity contribution >= 4 is 5.69 Å². The number of benzene rings is 1. The monoisotopic (exact) mass is 217 g/mol. The standard InChI is InChI=1S/C13H19N3/c1-9(2)12(15)8-16-13-6-10(3)4-5-11(13)7-14/h4-6,9,12,16H,8,15H2,1-3H3. The Kier molecular flexibility index (Phi) is 4.33. The average Bonchev–Trinajstić information content (AvgIpc) is 2.25. The lowest BCUT2D eigenvalue weighted by Crippen LogP contribution is -2.34. The molecule has 0 saturated heterocycles. The highest BCUT2D eigenvalue weighted by atomic mass is 14.9. The van der Waals surface area contributed by atoms with Gasteiger partial charge in [-0.05, 0) is 30.5 Å². The first-order valence-corrected chi connectivity index (χ1v) is 5.54. The molecule has 3 heteroatoms. The van der Waals surface area contributed by atoms with Crippen LogP contribution >= 0.6 is 0 Å². The molecule has 1 rings (SSSR count). The van der Waals surface area contributed by atoms with E-state index in [1.54, 1.807) is 0 Å². The zero-order chi connectivity index (χ0) is 12.1. The fourth-order valence-electron chi connectivity index (χ4n) is 1.37. The molecule has 0 radical (unpaired) electrons. The smallest absolute Gasteiger partial charge is 0.101 e. The van der Waals surface area contributed by atoms with Crippen LogP contribution in [0.5, 0.6) is 0 Å². The summed E-state index contributed by atoms with van der Waals surface area (Å²) in [6.07, 6.45) is 0. The molecule has 1 unspecified atom stereocenters. The molecule has 0 fully saturated rings. The minimum atomic E-state index is 0.104. The lowest BCUT2D eigenvalue weighted by atomic mass is 10.0. The summed E-state index contributed by atoms with van der Waals surface area (Å²) in [4.78, 5) is 0. The summed E-state index contributed by atoms with van der Waals surface area (Å²) in [5.41, 5.74) is 8.63.